The summed E-state index contributed by atoms with van der Waals surface area (Å²) in [6, 6.07) is 1.32. The van der Waals surface area contributed by atoms with E-state index in [1.54, 1.807) is 6.92 Å². The van der Waals surface area contributed by atoms with Gasteiger partial charge in [-0.05, 0) is 30.9 Å². The lowest BCUT2D eigenvalue weighted by molar-refractivity contribution is 0.407. The van der Waals surface area contributed by atoms with Crippen LogP contribution in [0.4, 0.5) is 0 Å². The molecule has 0 fully saturated rings. The highest BCUT2D eigenvalue weighted by Gasteiger charge is 2.22. The first-order chi connectivity index (χ1) is 8.06. The van der Waals surface area contributed by atoms with E-state index in [9.17, 15) is 14.5 Å². The average Bonchev–Trinajstić information content (AvgIpc) is 2.23. The Bertz CT molecular complexity index is 413. The van der Waals surface area contributed by atoms with Crippen molar-refractivity contribution >= 4 is 11.2 Å². The van der Waals surface area contributed by atoms with Gasteiger partial charge in [-0.3, -0.25) is 0 Å². The van der Waals surface area contributed by atoms with Crippen LogP contribution < -0.4 is 5.63 Å². The predicted molar refractivity (Wildman–Crippen MR) is 66.8 cm³/mol. The van der Waals surface area contributed by atoms with Crippen LogP contribution in [0.15, 0.2) is 20.2 Å². The highest BCUT2D eigenvalue weighted by Crippen LogP contribution is 2.21. The number of hydrogen-bond acceptors (Lipinski definition) is 4. The highest BCUT2D eigenvalue weighted by atomic mass is 32.2. The first kappa shape index (κ1) is 14.1. The van der Waals surface area contributed by atoms with Crippen LogP contribution in [0.25, 0.3) is 0 Å². The Morgan fingerprint density at radius 3 is 2.71 bits per heavy atom. The molecule has 5 heteroatoms. The number of aryl methyl sites for hydroxylation is 1. The van der Waals surface area contributed by atoms with Crippen molar-refractivity contribution < 1.29 is 14.1 Å². The molecule has 0 saturated carbocycles. The van der Waals surface area contributed by atoms with Gasteiger partial charge in [-0.2, -0.15) is 0 Å². The molecule has 17 heavy (non-hydrogen) atoms. The molecule has 96 valence electrons. The molecule has 1 heterocycles. The van der Waals surface area contributed by atoms with Crippen LogP contribution in [0, 0.1) is 6.92 Å². The van der Waals surface area contributed by atoms with Crippen LogP contribution in [0.5, 0.6) is 5.75 Å². The number of rotatable bonds is 6. The van der Waals surface area contributed by atoms with Gasteiger partial charge < -0.3 is 14.1 Å². The summed E-state index contributed by atoms with van der Waals surface area (Å²) in [7, 11) is 0. The summed E-state index contributed by atoms with van der Waals surface area (Å²) in [6.07, 6.45) is 3.96. The van der Waals surface area contributed by atoms with Crippen molar-refractivity contribution in [1.82, 2.24) is 0 Å². The standard InChI is InChI=1S/C12H18O4S/c1-3-4-5-6-7-17(15)11-10(13)8-9(2)16-12(11)14/h8,13H,3-7H2,1-2H3. The maximum atomic E-state index is 11.9. The lowest BCUT2D eigenvalue weighted by Gasteiger charge is -2.10. The van der Waals surface area contributed by atoms with Crippen LogP contribution in [-0.4, -0.2) is 15.4 Å². The van der Waals surface area contributed by atoms with Crippen molar-refractivity contribution in [3.63, 3.8) is 0 Å². The summed E-state index contributed by atoms with van der Waals surface area (Å²) < 4.78 is 16.7. The van der Waals surface area contributed by atoms with E-state index in [0.717, 1.165) is 25.7 Å². The fraction of sp³-hybridized carbons (Fsp3) is 0.583. The Morgan fingerprint density at radius 2 is 2.12 bits per heavy atom. The first-order valence-electron chi connectivity index (χ1n) is 5.78. The Kier molecular flexibility index (Phi) is 5.58. The lowest BCUT2D eigenvalue weighted by Crippen LogP contribution is -2.17. The van der Waals surface area contributed by atoms with Gasteiger partial charge in [0.1, 0.15) is 11.5 Å². The zero-order valence-electron chi connectivity index (χ0n) is 10.2. The zero-order chi connectivity index (χ0) is 12.8. The van der Waals surface area contributed by atoms with E-state index in [1.165, 1.54) is 6.07 Å². The van der Waals surface area contributed by atoms with Gasteiger partial charge in [-0.25, -0.2) is 4.79 Å². The maximum Gasteiger partial charge on any atom is 0.395 e. The van der Waals surface area contributed by atoms with E-state index >= 15 is 0 Å². The monoisotopic (exact) mass is 258 g/mol. The summed E-state index contributed by atoms with van der Waals surface area (Å²) in [5.41, 5.74) is -0.698. The van der Waals surface area contributed by atoms with E-state index in [4.69, 9.17) is 4.42 Å². The minimum atomic E-state index is -1.47. The minimum Gasteiger partial charge on any atom is -0.611 e. The molecule has 1 atom stereocenters. The second-order valence-electron chi connectivity index (χ2n) is 3.97. The Balaban J connectivity index is 2.69. The number of hydrogen-bond donors (Lipinski definition) is 1. The molecular weight excluding hydrogens is 240 g/mol. The molecule has 1 unspecified atom stereocenters. The van der Waals surface area contributed by atoms with Crippen LogP contribution in [-0.2, 0) is 11.2 Å². The van der Waals surface area contributed by atoms with Gasteiger partial charge >= 0.3 is 5.63 Å². The Labute approximate surface area is 104 Å². The third-order valence-corrected chi connectivity index (χ3v) is 3.91. The fourth-order valence-corrected chi connectivity index (χ4v) is 2.75. The summed E-state index contributed by atoms with van der Waals surface area (Å²) >= 11 is -1.47. The summed E-state index contributed by atoms with van der Waals surface area (Å²) in [5.74, 6) is 0.480. The van der Waals surface area contributed by atoms with E-state index < -0.39 is 16.8 Å². The van der Waals surface area contributed by atoms with E-state index in [2.05, 4.69) is 6.92 Å². The fourth-order valence-electron chi connectivity index (χ4n) is 1.56. The SMILES string of the molecule is CCCCCC[S+]([O-])c1c(O)cc(C)oc1=O. The maximum absolute atomic E-state index is 11.9. The molecule has 0 amide bonds. The molecular formula is C12H18O4S. The van der Waals surface area contributed by atoms with Crippen molar-refractivity contribution in [2.75, 3.05) is 5.75 Å². The number of aromatic hydroxyl groups is 1. The molecule has 1 N–H and O–H groups in total. The second kappa shape index (κ2) is 6.71. The number of unbranched alkanes of at least 4 members (excludes halogenated alkanes) is 3. The predicted octanol–water partition coefficient (Wildman–Crippen LogP) is 2.34. The van der Waals surface area contributed by atoms with Gasteiger partial charge in [0.05, 0.1) is 0 Å². The molecule has 0 saturated heterocycles. The van der Waals surface area contributed by atoms with Gasteiger partial charge in [0.15, 0.2) is 5.75 Å². The van der Waals surface area contributed by atoms with Crippen molar-refractivity contribution in [2.45, 2.75) is 44.4 Å². The van der Waals surface area contributed by atoms with E-state index in [1.807, 2.05) is 0 Å². The third kappa shape index (κ3) is 4.09. The summed E-state index contributed by atoms with van der Waals surface area (Å²) in [5, 5.41) is 9.59. The molecule has 0 radical (unpaired) electrons. The quantitative estimate of drug-likeness (QED) is 0.628. The molecule has 4 nitrogen and oxygen atoms in total. The second-order valence-corrected chi connectivity index (χ2v) is 5.48. The Morgan fingerprint density at radius 1 is 1.41 bits per heavy atom. The van der Waals surface area contributed by atoms with Crippen LogP contribution in [0.2, 0.25) is 0 Å². The smallest absolute Gasteiger partial charge is 0.395 e. The summed E-state index contributed by atoms with van der Waals surface area (Å²) in [4.78, 5) is 11.4. The van der Waals surface area contributed by atoms with Gasteiger partial charge in [0, 0.05) is 6.07 Å². The molecule has 0 aliphatic heterocycles. The molecule has 0 aliphatic rings. The largest absolute Gasteiger partial charge is 0.611 e. The van der Waals surface area contributed by atoms with Gasteiger partial charge in [-0.1, -0.05) is 19.8 Å². The van der Waals surface area contributed by atoms with E-state index in [0.29, 0.717) is 11.5 Å². The molecule has 1 rings (SSSR count). The normalized spacial score (nSPS) is 12.6. The summed E-state index contributed by atoms with van der Waals surface area (Å²) in [6.45, 7) is 3.66. The van der Waals surface area contributed by atoms with E-state index in [-0.39, 0.29) is 10.6 Å². The highest BCUT2D eigenvalue weighted by molar-refractivity contribution is 7.91. The topological polar surface area (TPSA) is 73.5 Å². The van der Waals surface area contributed by atoms with Crippen LogP contribution in [0.3, 0.4) is 0 Å². The lowest BCUT2D eigenvalue weighted by atomic mass is 10.2. The van der Waals surface area contributed by atoms with Crippen molar-refractivity contribution in [3.8, 4) is 5.75 Å². The van der Waals surface area contributed by atoms with Gasteiger partial charge in [0.25, 0.3) is 4.90 Å². The molecule has 0 aromatic carbocycles. The average molecular weight is 258 g/mol. The van der Waals surface area contributed by atoms with Crippen molar-refractivity contribution in [3.05, 3.63) is 22.2 Å². The van der Waals surface area contributed by atoms with Crippen LogP contribution >= 0.6 is 0 Å². The Hall–Kier alpha value is -0.940. The molecule has 0 aliphatic carbocycles. The molecule has 0 bridgehead atoms. The molecule has 0 spiro atoms. The zero-order valence-corrected chi connectivity index (χ0v) is 11.0. The third-order valence-electron chi connectivity index (χ3n) is 2.42. The van der Waals surface area contributed by atoms with Crippen molar-refractivity contribution in [2.24, 2.45) is 0 Å². The molecule has 1 aromatic heterocycles. The van der Waals surface area contributed by atoms with Gasteiger partial charge in [-0.15, -0.1) is 0 Å². The minimum absolute atomic E-state index is 0.105. The van der Waals surface area contributed by atoms with Crippen LogP contribution in [0.1, 0.15) is 38.4 Å². The van der Waals surface area contributed by atoms with Crippen molar-refractivity contribution in [1.29, 1.82) is 0 Å². The molecule has 1 aromatic rings. The van der Waals surface area contributed by atoms with Gasteiger partial charge in [0.2, 0.25) is 0 Å². The first-order valence-corrected chi connectivity index (χ1v) is 7.10.